The first-order chi connectivity index (χ1) is 11.1. The molecule has 0 aromatic heterocycles. The molecule has 23 heavy (non-hydrogen) atoms. The molecule has 0 saturated heterocycles. The summed E-state index contributed by atoms with van der Waals surface area (Å²) in [6.07, 6.45) is 0. The standard InChI is InChI=1S/C19H25NO3/c1-13(2)15-8-6-14(7-9-15)12-20-16-10-17(21-3)19(23-5)18(11-16)22-4/h6-11,13,20H,12H2,1-5H3. The Morgan fingerprint density at radius 2 is 1.43 bits per heavy atom. The molecule has 124 valence electrons. The van der Waals surface area contributed by atoms with Crippen molar-refractivity contribution in [3.8, 4) is 17.2 Å². The lowest BCUT2D eigenvalue weighted by Crippen LogP contribution is -2.02. The first kappa shape index (κ1) is 17.0. The van der Waals surface area contributed by atoms with Gasteiger partial charge < -0.3 is 19.5 Å². The van der Waals surface area contributed by atoms with Crippen molar-refractivity contribution in [2.45, 2.75) is 26.3 Å². The topological polar surface area (TPSA) is 39.7 Å². The lowest BCUT2D eigenvalue weighted by atomic mass is 10.0. The van der Waals surface area contributed by atoms with Crippen molar-refractivity contribution >= 4 is 5.69 Å². The van der Waals surface area contributed by atoms with Crippen LogP contribution in [0.4, 0.5) is 5.69 Å². The van der Waals surface area contributed by atoms with Crippen LogP contribution in [0.1, 0.15) is 30.9 Å². The van der Waals surface area contributed by atoms with E-state index in [1.165, 1.54) is 11.1 Å². The summed E-state index contributed by atoms with van der Waals surface area (Å²) < 4.78 is 16.1. The molecule has 0 bridgehead atoms. The third kappa shape index (κ3) is 4.09. The lowest BCUT2D eigenvalue weighted by Gasteiger charge is -2.15. The molecule has 0 fully saturated rings. The van der Waals surface area contributed by atoms with Gasteiger partial charge >= 0.3 is 0 Å². The minimum Gasteiger partial charge on any atom is -0.493 e. The van der Waals surface area contributed by atoms with Crippen LogP contribution in [0.5, 0.6) is 17.2 Å². The van der Waals surface area contributed by atoms with Crippen LogP contribution in [0, 0.1) is 0 Å². The Hall–Kier alpha value is -2.36. The normalized spacial score (nSPS) is 10.5. The van der Waals surface area contributed by atoms with E-state index in [-0.39, 0.29) is 0 Å². The number of ether oxygens (including phenoxy) is 3. The fourth-order valence-electron chi connectivity index (χ4n) is 2.41. The summed E-state index contributed by atoms with van der Waals surface area (Å²) >= 11 is 0. The number of hydrogen-bond donors (Lipinski definition) is 1. The van der Waals surface area contributed by atoms with E-state index in [4.69, 9.17) is 14.2 Å². The van der Waals surface area contributed by atoms with Crippen LogP contribution in [0.2, 0.25) is 0 Å². The smallest absolute Gasteiger partial charge is 0.203 e. The zero-order chi connectivity index (χ0) is 16.8. The van der Waals surface area contributed by atoms with E-state index in [0.29, 0.717) is 23.2 Å². The quantitative estimate of drug-likeness (QED) is 0.819. The summed E-state index contributed by atoms with van der Waals surface area (Å²) in [4.78, 5) is 0. The number of rotatable bonds is 7. The maximum Gasteiger partial charge on any atom is 0.203 e. The Morgan fingerprint density at radius 3 is 1.87 bits per heavy atom. The molecule has 2 rings (SSSR count). The van der Waals surface area contributed by atoms with Gasteiger partial charge in [-0.05, 0) is 17.0 Å². The van der Waals surface area contributed by atoms with E-state index in [1.54, 1.807) is 21.3 Å². The molecular weight excluding hydrogens is 290 g/mol. The fraction of sp³-hybridized carbons (Fsp3) is 0.368. The van der Waals surface area contributed by atoms with Crippen molar-refractivity contribution in [2.24, 2.45) is 0 Å². The Morgan fingerprint density at radius 1 is 0.870 bits per heavy atom. The van der Waals surface area contributed by atoms with E-state index in [0.717, 1.165) is 12.2 Å². The molecule has 0 atom stereocenters. The van der Waals surface area contributed by atoms with Gasteiger partial charge in [0.2, 0.25) is 5.75 Å². The largest absolute Gasteiger partial charge is 0.493 e. The van der Waals surface area contributed by atoms with Crippen LogP contribution >= 0.6 is 0 Å². The third-order valence-corrected chi connectivity index (χ3v) is 3.81. The molecule has 4 heteroatoms. The molecular formula is C19H25NO3. The monoisotopic (exact) mass is 315 g/mol. The van der Waals surface area contributed by atoms with Crippen LogP contribution in [-0.2, 0) is 6.54 Å². The van der Waals surface area contributed by atoms with Crippen molar-refractivity contribution in [3.05, 3.63) is 47.5 Å². The van der Waals surface area contributed by atoms with Crippen molar-refractivity contribution in [3.63, 3.8) is 0 Å². The SMILES string of the molecule is COc1cc(NCc2ccc(C(C)C)cc2)cc(OC)c1OC. The van der Waals surface area contributed by atoms with Gasteiger partial charge in [-0.2, -0.15) is 0 Å². The summed E-state index contributed by atoms with van der Waals surface area (Å²) in [5.41, 5.74) is 3.50. The highest BCUT2D eigenvalue weighted by Gasteiger charge is 2.13. The Balaban J connectivity index is 2.13. The molecule has 2 aromatic rings. The van der Waals surface area contributed by atoms with E-state index < -0.39 is 0 Å². The zero-order valence-corrected chi connectivity index (χ0v) is 14.5. The minimum absolute atomic E-state index is 0.548. The predicted molar refractivity (Wildman–Crippen MR) is 94.0 cm³/mol. The lowest BCUT2D eigenvalue weighted by molar-refractivity contribution is 0.324. The second kappa shape index (κ2) is 7.77. The Labute approximate surface area is 138 Å². The third-order valence-electron chi connectivity index (χ3n) is 3.81. The van der Waals surface area contributed by atoms with Gasteiger partial charge in [-0.25, -0.2) is 0 Å². The van der Waals surface area contributed by atoms with Gasteiger partial charge in [0, 0.05) is 24.4 Å². The van der Waals surface area contributed by atoms with E-state index in [1.807, 2.05) is 12.1 Å². The minimum atomic E-state index is 0.548. The van der Waals surface area contributed by atoms with Crippen molar-refractivity contribution < 1.29 is 14.2 Å². The highest BCUT2D eigenvalue weighted by atomic mass is 16.5. The van der Waals surface area contributed by atoms with Gasteiger partial charge in [0.15, 0.2) is 11.5 Å². The maximum absolute atomic E-state index is 5.37. The number of nitrogens with one attached hydrogen (secondary N) is 1. The van der Waals surface area contributed by atoms with E-state index in [2.05, 4.69) is 43.4 Å². The van der Waals surface area contributed by atoms with E-state index >= 15 is 0 Å². The highest BCUT2D eigenvalue weighted by Crippen LogP contribution is 2.40. The van der Waals surface area contributed by atoms with Crippen LogP contribution in [0.3, 0.4) is 0 Å². The summed E-state index contributed by atoms with van der Waals surface area (Å²) in [5, 5.41) is 3.39. The predicted octanol–water partition coefficient (Wildman–Crippen LogP) is 4.45. The second-order valence-electron chi connectivity index (χ2n) is 5.66. The average molecular weight is 315 g/mol. The molecule has 0 aliphatic rings. The van der Waals surface area contributed by atoms with Crippen LogP contribution < -0.4 is 19.5 Å². The number of methoxy groups -OCH3 is 3. The molecule has 0 aliphatic heterocycles. The van der Waals surface area contributed by atoms with Crippen LogP contribution in [0.15, 0.2) is 36.4 Å². The van der Waals surface area contributed by atoms with Crippen LogP contribution in [0.25, 0.3) is 0 Å². The summed E-state index contributed by atoms with van der Waals surface area (Å²) in [6, 6.07) is 12.5. The van der Waals surface area contributed by atoms with Gasteiger partial charge in [-0.1, -0.05) is 38.1 Å². The molecule has 1 N–H and O–H groups in total. The van der Waals surface area contributed by atoms with Gasteiger partial charge in [-0.15, -0.1) is 0 Å². The number of hydrogen-bond acceptors (Lipinski definition) is 4. The molecule has 0 unspecified atom stereocenters. The molecule has 4 nitrogen and oxygen atoms in total. The van der Waals surface area contributed by atoms with Crippen molar-refractivity contribution in [2.75, 3.05) is 26.6 Å². The average Bonchev–Trinajstić information content (AvgIpc) is 2.59. The summed E-state index contributed by atoms with van der Waals surface area (Å²) in [5.74, 6) is 2.43. The number of anilines is 1. The van der Waals surface area contributed by atoms with Gasteiger partial charge in [0.1, 0.15) is 0 Å². The molecule has 0 saturated carbocycles. The molecule has 0 spiro atoms. The Kier molecular flexibility index (Phi) is 5.74. The molecule has 2 aromatic carbocycles. The number of benzene rings is 2. The fourth-order valence-corrected chi connectivity index (χ4v) is 2.41. The first-order valence-corrected chi connectivity index (χ1v) is 7.71. The van der Waals surface area contributed by atoms with Crippen molar-refractivity contribution in [1.82, 2.24) is 0 Å². The first-order valence-electron chi connectivity index (χ1n) is 7.71. The maximum atomic E-state index is 5.37. The van der Waals surface area contributed by atoms with Gasteiger partial charge in [0.05, 0.1) is 21.3 Å². The van der Waals surface area contributed by atoms with Crippen LogP contribution in [-0.4, -0.2) is 21.3 Å². The summed E-state index contributed by atoms with van der Waals surface area (Å²) in [6.45, 7) is 5.13. The molecule has 0 aliphatic carbocycles. The van der Waals surface area contributed by atoms with Crippen molar-refractivity contribution in [1.29, 1.82) is 0 Å². The van der Waals surface area contributed by atoms with Gasteiger partial charge in [0.25, 0.3) is 0 Å². The molecule has 0 amide bonds. The van der Waals surface area contributed by atoms with Gasteiger partial charge in [-0.3, -0.25) is 0 Å². The highest BCUT2D eigenvalue weighted by molar-refractivity contribution is 5.62. The zero-order valence-electron chi connectivity index (χ0n) is 14.5. The van der Waals surface area contributed by atoms with E-state index in [9.17, 15) is 0 Å². The molecule has 0 heterocycles. The second-order valence-corrected chi connectivity index (χ2v) is 5.66. The molecule has 0 radical (unpaired) electrons. The Bertz CT molecular complexity index is 611. The summed E-state index contributed by atoms with van der Waals surface area (Å²) in [7, 11) is 4.83.